The molecule has 3 N–H and O–H groups in total. The molecule has 0 spiro atoms. The van der Waals surface area contributed by atoms with Gasteiger partial charge in [0.15, 0.2) is 0 Å². The van der Waals surface area contributed by atoms with Crippen LogP contribution in [0.1, 0.15) is 28.2 Å². The molecule has 0 fully saturated rings. The number of benzene rings is 2. The molecule has 0 amide bonds. The van der Waals surface area contributed by atoms with Gasteiger partial charge in [0.25, 0.3) is 0 Å². The lowest BCUT2D eigenvalue weighted by Crippen LogP contribution is -2.15. The monoisotopic (exact) mass is 333 g/mol. The third-order valence-electron chi connectivity index (χ3n) is 3.49. The van der Waals surface area contributed by atoms with Gasteiger partial charge in [0.1, 0.15) is 5.75 Å². The van der Waals surface area contributed by atoms with Crippen LogP contribution in [-0.4, -0.2) is 11.7 Å². The SMILES string of the molecule is Cc1cc(C)cc(C(CN)Cc2ccc(O)c(Br)c2)c1. The molecule has 0 aromatic heterocycles. The lowest BCUT2D eigenvalue weighted by molar-refractivity contribution is 0.471. The first-order valence-corrected chi connectivity index (χ1v) is 7.54. The largest absolute Gasteiger partial charge is 0.507 e. The number of nitrogens with two attached hydrogens (primary N) is 1. The summed E-state index contributed by atoms with van der Waals surface area (Å²) in [4.78, 5) is 0. The molecule has 0 aliphatic heterocycles. The normalized spacial score (nSPS) is 12.4. The Hall–Kier alpha value is -1.32. The molecule has 2 aromatic rings. The Balaban J connectivity index is 2.26. The second-order valence-electron chi connectivity index (χ2n) is 5.34. The molecule has 3 heteroatoms. The summed E-state index contributed by atoms with van der Waals surface area (Å²) in [5.41, 5.74) is 11.0. The van der Waals surface area contributed by atoms with Gasteiger partial charge in [-0.15, -0.1) is 0 Å². The van der Waals surface area contributed by atoms with Gasteiger partial charge in [0.05, 0.1) is 4.47 Å². The van der Waals surface area contributed by atoms with Gasteiger partial charge in [-0.1, -0.05) is 35.4 Å². The third-order valence-corrected chi connectivity index (χ3v) is 4.13. The predicted molar refractivity (Wildman–Crippen MR) is 87.2 cm³/mol. The van der Waals surface area contributed by atoms with E-state index in [4.69, 9.17) is 5.73 Å². The maximum absolute atomic E-state index is 9.55. The number of hydrogen-bond acceptors (Lipinski definition) is 2. The number of phenols is 1. The summed E-state index contributed by atoms with van der Waals surface area (Å²) in [5.74, 6) is 0.564. The topological polar surface area (TPSA) is 46.2 Å². The maximum atomic E-state index is 9.55. The molecular formula is C17H20BrNO. The van der Waals surface area contributed by atoms with E-state index in [2.05, 4.69) is 48.0 Å². The van der Waals surface area contributed by atoms with Gasteiger partial charge in [-0.05, 0) is 66.0 Å². The minimum absolute atomic E-state index is 0.268. The number of aryl methyl sites for hydroxylation is 2. The van der Waals surface area contributed by atoms with Gasteiger partial charge in [0.2, 0.25) is 0 Å². The fourth-order valence-electron chi connectivity index (χ4n) is 2.54. The quantitative estimate of drug-likeness (QED) is 0.886. The van der Waals surface area contributed by atoms with Gasteiger partial charge >= 0.3 is 0 Å². The van der Waals surface area contributed by atoms with Crippen molar-refractivity contribution in [3.63, 3.8) is 0 Å². The molecule has 1 unspecified atom stereocenters. The zero-order valence-corrected chi connectivity index (χ0v) is 13.4. The summed E-state index contributed by atoms with van der Waals surface area (Å²) in [7, 11) is 0. The van der Waals surface area contributed by atoms with Gasteiger partial charge in [-0.3, -0.25) is 0 Å². The summed E-state index contributed by atoms with van der Waals surface area (Å²) < 4.78 is 0.728. The molecule has 106 valence electrons. The Bertz CT molecular complexity index is 590. The standard InChI is InChI=1S/C17H20BrNO/c1-11-5-12(2)7-14(6-11)15(10-19)8-13-3-4-17(20)16(18)9-13/h3-7,9,15,20H,8,10,19H2,1-2H3. The first-order chi connectivity index (χ1) is 9.49. The van der Waals surface area contributed by atoms with Crippen LogP contribution in [0.25, 0.3) is 0 Å². The van der Waals surface area contributed by atoms with E-state index in [0.29, 0.717) is 12.5 Å². The third kappa shape index (κ3) is 3.62. The number of hydrogen-bond donors (Lipinski definition) is 2. The zero-order chi connectivity index (χ0) is 14.7. The lowest BCUT2D eigenvalue weighted by Gasteiger charge is -2.17. The van der Waals surface area contributed by atoms with Crippen molar-refractivity contribution in [3.05, 3.63) is 63.1 Å². The Morgan fingerprint density at radius 2 is 1.75 bits per heavy atom. The molecule has 0 saturated heterocycles. The summed E-state index contributed by atoms with van der Waals surface area (Å²) in [6, 6.07) is 12.2. The second kappa shape index (κ2) is 6.42. The van der Waals surface area contributed by atoms with E-state index in [1.54, 1.807) is 6.07 Å². The minimum Gasteiger partial charge on any atom is -0.507 e. The van der Waals surface area contributed by atoms with Gasteiger partial charge in [-0.25, -0.2) is 0 Å². The molecule has 1 atom stereocenters. The Morgan fingerprint density at radius 3 is 2.30 bits per heavy atom. The first kappa shape index (κ1) is 15.1. The van der Waals surface area contributed by atoms with Crippen molar-refractivity contribution in [3.8, 4) is 5.75 Å². The van der Waals surface area contributed by atoms with E-state index in [0.717, 1.165) is 10.9 Å². The van der Waals surface area contributed by atoms with E-state index >= 15 is 0 Å². The van der Waals surface area contributed by atoms with Crippen molar-refractivity contribution in [1.82, 2.24) is 0 Å². The van der Waals surface area contributed by atoms with Crippen LogP contribution in [0.5, 0.6) is 5.75 Å². The second-order valence-corrected chi connectivity index (χ2v) is 6.20. The van der Waals surface area contributed by atoms with E-state index in [9.17, 15) is 5.11 Å². The molecule has 0 radical (unpaired) electrons. The highest BCUT2D eigenvalue weighted by Gasteiger charge is 2.12. The summed E-state index contributed by atoms with van der Waals surface area (Å²) in [6.07, 6.45) is 0.873. The van der Waals surface area contributed by atoms with Gasteiger partial charge < -0.3 is 10.8 Å². The molecule has 2 aromatic carbocycles. The molecule has 0 heterocycles. The van der Waals surface area contributed by atoms with Crippen LogP contribution in [0.2, 0.25) is 0 Å². The van der Waals surface area contributed by atoms with Crippen LogP contribution in [0.3, 0.4) is 0 Å². The first-order valence-electron chi connectivity index (χ1n) is 6.75. The van der Waals surface area contributed by atoms with Crippen molar-refractivity contribution >= 4 is 15.9 Å². The number of rotatable bonds is 4. The fraction of sp³-hybridized carbons (Fsp3) is 0.294. The molecule has 2 nitrogen and oxygen atoms in total. The Morgan fingerprint density at radius 1 is 1.10 bits per heavy atom. The summed E-state index contributed by atoms with van der Waals surface area (Å²) in [5, 5.41) is 9.55. The van der Waals surface area contributed by atoms with Crippen LogP contribution < -0.4 is 5.73 Å². The molecule has 0 saturated carbocycles. The van der Waals surface area contributed by atoms with Crippen LogP contribution in [0.4, 0.5) is 0 Å². The maximum Gasteiger partial charge on any atom is 0.129 e. The average molecular weight is 334 g/mol. The lowest BCUT2D eigenvalue weighted by atomic mass is 9.90. The smallest absolute Gasteiger partial charge is 0.129 e. The molecule has 0 aliphatic rings. The molecule has 2 rings (SSSR count). The van der Waals surface area contributed by atoms with Crippen LogP contribution in [0, 0.1) is 13.8 Å². The Labute approximate surface area is 128 Å². The number of aromatic hydroxyl groups is 1. The van der Waals surface area contributed by atoms with E-state index in [-0.39, 0.29) is 5.75 Å². The minimum atomic E-state index is 0.268. The van der Waals surface area contributed by atoms with Crippen molar-refractivity contribution < 1.29 is 5.11 Å². The number of halogens is 1. The van der Waals surface area contributed by atoms with Gasteiger partial charge in [-0.2, -0.15) is 0 Å². The highest BCUT2D eigenvalue weighted by molar-refractivity contribution is 9.10. The highest BCUT2D eigenvalue weighted by Crippen LogP contribution is 2.28. The predicted octanol–water partition coefficient (Wildman–Crippen LogP) is 4.06. The molecular weight excluding hydrogens is 314 g/mol. The van der Waals surface area contributed by atoms with Crippen molar-refractivity contribution in [2.24, 2.45) is 5.73 Å². The summed E-state index contributed by atoms with van der Waals surface area (Å²) >= 11 is 3.36. The summed E-state index contributed by atoms with van der Waals surface area (Å²) in [6.45, 7) is 4.84. The fourth-order valence-corrected chi connectivity index (χ4v) is 2.97. The van der Waals surface area contributed by atoms with Crippen LogP contribution in [-0.2, 0) is 6.42 Å². The number of phenolic OH excluding ortho intramolecular Hbond substituents is 1. The van der Waals surface area contributed by atoms with Crippen molar-refractivity contribution in [1.29, 1.82) is 0 Å². The van der Waals surface area contributed by atoms with Crippen LogP contribution >= 0.6 is 15.9 Å². The van der Waals surface area contributed by atoms with Crippen molar-refractivity contribution in [2.75, 3.05) is 6.54 Å². The molecule has 0 bridgehead atoms. The molecule has 0 aliphatic carbocycles. The zero-order valence-electron chi connectivity index (χ0n) is 11.9. The highest BCUT2D eigenvalue weighted by atomic mass is 79.9. The van der Waals surface area contributed by atoms with E-state index < -0.39 is 0 Å². The van der Waals surface area contributed by atoms with Gasteiger partial charge in [0, 0.05) is 5.92 Å². The van der Waals surface area contributed by atoms with E-state index in [1.807, 2.05) is 12.1 Å². The average Bonchev–Trinajstić information content (AvgIpc) is 2.38. The van der Waals surface area contributed by atoms with Crippen molar-refractivity contribution in [2.45, 2.75) is 26.2 Å². The van der Waals surface area contributed by atoms with E-state index in [1.165, 1.54) is 22.3 Å². The van der Waals surface area contributed by atoms with Crippen LogP contribution in [0.15, 0.2) is 40.9 Å². The Kier molecular flexibility index (Phi) is 4.84. The molecule has 20 heavy (non-hydrogen) atoms.